The van der Waals surface area contributed by atoms with Crippen LogP contribution in [0.4, 0.5) is 0 Å². The molecule has 4 heterocycles. The molecule has 26 heavy (non-hydrogen) atoms. The molecule has 4 aromatic rings. The molecule has 0 bridgehead atoms. The number of carbonyl (C=O) groups is 1. The number of carbonyl (C=O) groups excluding carboxylic acids is 1. The highest BCUT2D eigenvalue weighted by Gasteiger charge is 2.22. The first-order valence-electron chi connectivity index (χ1n) is 8.21. The Balaban J connectivity index is 1.74. The van der Waals surface area contributed by atoms with E-state index < -0.39 is 0 Å². The second kappa shape index (κ2) is 6.18. The minimum absolute atomic E-state index is 0.266. The third-order valence-electron chi connectivity index (χ3n) is 4.17. The first kappa shape index (κ1) is 16.1. The summed E-state index contributed by atoms with van der Waals surface area (Å²) in [6.45, 7) is 5.50. The highest BCUT2D eigenvalue weighted by atomic mass is 16.5. The lowest BCUT2D eigenvalue weighted by Crippen LogP contribution is -2.26. The van der Waals surface area contributed by atoms with Crippen LogP contribution in [0.2, 0.25) is 0 Å². The summed E-state index contributed by atoms with van der Waals surface area (Å²) < 4.78 is 16.2. The predicted molar refractivity (Wildman–Crippen MR) is 93.6 cm³/mol. The molecule has 132 valence electrons. The van der Waals surface area contributed by atoms with Crippen LogP contribution in [0.3, 0.4) is 0 Å². The predicted octanol–water partition coefficient (Wildman–Crippen LogP) is 4.18. The van der Waals surface area contributed by atoms with E-state index in [1.54, 1.807) is 31.4 Å². The van der Waals surface area contributed by atoms with Gasteiger partial charge in [-0.2, -0.15) is 0 Å². The van der Waals surface area contributed by atoms with E-state index in [1.165, 1.54) is 0 Å². The van der Waals surface area contributed by atoms with Crippen molar-refractivity contribution in [2.45, 2.75) is 26.8 Å². The fraction of sp³-hybridized carbons (Fsp3) is 0.211. The van der Waals surface area contributed by atoms with Gasteiger partial charge in [0.25, 0.3) is 11.6 Å². The van der Waals surface area contributed by atoms with Gasteiger partial charge < -0.3 is 18.7 Å². The van der Waals surface area contributed by atoms with E-state index in [4.69, 9.17) is 13.4 Å². The van der Waals surface area contributed by atoms with Crippen molar-refractivity contribution in [1.82, 2.24) is 15.5 Å². The summed E-state index contributed by atoms with van der Waals surface area (Å²) in [5.41, 5.74) is 1.83. The Morgan fingerprint density at radius 3 is 2.77 bits per heavy atom. The van der Waals surface area contributed by atoms with Crippen molar-refractivity contribution in [3.63, 3.8) is 0 Å². The number of aryl methyl sites for hydroxylation is 2. The van der Waals surface area contributed by atoms with E-state index in [0.29, 0.717) is 39.6 Å². The average molecular weight is 351 g/mol. The molecule has 0 aliphatic rings. The Morgan fingerprint density at radius 2 is 2.08 bits per heavy atom. The number of amides is 1. The van der Waals surface area contributed by atoms with E-state index in [0.717, 1.165) is 5.76 Å². The first-order chi connectivity index (χ1) is 12.5. The Kier molecular flexibility index (Phi) is 3.84. The molecule has 0 radical (unpaired) electrons. The second-order valence-electron chi connectivity index (χ2n) is 6.12. The van der Waals surface area contributed by atoms with Gasteiger partial charge in [-0.1, -0.05) is 5.16 Å². The smallest absolute Gasteiger partial charge is 0.259 e. The summed E-state index contributed by atoms with van der Waals surface area (Å²) in [6.07, 6.45) is 1.55. The summed E-state index contributed by atoms with van der Waals surface area (Å²) in [5.74, 6) is 1.76. The number of furan rings is 2. The SMILES string of the molecule is Cc1ccc(C(C)NC(=O)c2cc(-c3ccco3)nc3onc(C)c23)o1. The molecule has 1 atom stereocenters. The Bertz CT molecular complexity index is 1080. The normalized spacial score (nSPS) is 12.4. The maximum Gasteiger partial charge on any atom is 0.259 e. The number of rotatable bonds is 4. The van der Waals surface area contributed by atoms with Crippen LogP contribution in [0.1, 0.15) is 40.5 Å². The molecule has 7 nitrogen and oxygen atoms in total. The fourth-order valence-electron chi connectivity index (χ4n) is 2.86. The molecule has 4 rings (SSSR count). The van der Waals surface area contributed by atoms with Crippen molar-refractivity contribution in [1.29, 1.82) is 0 Å². The molecule has 4 aromatic heterocycles. The van der Waals surface area contributed by atoms with Gasteiger partial charge in [-0.3, -0.25) is 4.79 Å². The zero-order valence-corrected chi connectivity index (χ0v) is 14.6. The number of aromatic nitrogens is 2. The second-order valence-corrected chi connectivity index (χ2v) is 6.12. The van der Waals surface area contributed by atoms with Crippen LogP contribution in [0, 0.1) is 13.8 Å². The van der Waals surface area contributed by atoms with Crippen LogP contribution in [0.25, 0.3) is 22.6 Å². The lowest BCUT2D eigenvalue weighted by atomic mass is 10.1. The van der Waals surface area contributed by atoms with Crippen LogP contribution < -0.4 is 5.32 Å². The highest BCUT2D eigenvalue weighted by Crippen LogP contribution is 2.28. The molecule has 0 saturated heterocycles. The maximum atomic E-state index is 12.9. The van der Waals surface area contributed by atoms with E-state index in [2.05, 4.69) is 15.5 Å². The summed E-state index contributed by atoms with van der Waals surface area (Å²) >= 11 is 0. The van der Waals surface area contributed by atoms with Crippen molar-refractivity contribution in [2.75, 3.05) is 0 Å². The minimum atomic E-state index is -0.286. The van der Waals surface area contributed by atoms with E-state index in [-0.39, 0.29) is 11.9 Å². The number of nitrogens with one attached hydrogen (secondary N) is 1. The largest absolute Gasteiger partial charge is 0.464 e. The summed E-state index contributed by atoms with van der Waals surface area (Å²) in [7, 11) is 0. The van der Waals surface area contributed by atoms with Gasteiger partial charge in [0.2, 0.25) is 0 Å². The van der Waals surface area contributed by atoms with Crippen LogP contribution in [-0.2, 0) is 0 Å². The number of fused-ring (bicyclic) bond motifs is 1. The van der Waals surface area contributed by atoms with Crippen LogP contribution in [0.5, 0.6) is 0 Å². The van der Waals surface area contributed by atoms with Gasteiger partial charge in [0.05, 0.1) is 28.9 Å². The van der Waals surface area contributed by atoms with Gasteiger partial charge in [0.1, 0.15) is 17.2 Å². The topological polar surface area (TPSA) is 94.3 Å². The van der Waals surface area contributed by atoms with Crippen molar-refractivity contribution in [3.8, 4) is 11.5 Å². The van der Waals surface area contributed by atoms with Crippen molar-refractivity contribution < 1.29 is 18.2 Å². The van der Waals surface area contributed by atoms with Gasteiger partial charge in [0.15, 0.2) is 5.76 Å². The van der Waals surface area contributed by atoms with E-state index in [9.17, 15) is 4.79 Å². The molecular formula is C19H17N3O4. The van der Waals surface area contributed by atoms with Gasteiger partial charge in [-0.05, 0) is 51.1 Å². The lowest BCUT2D eigenvalue weighted by molar-refractivity contribution is 0.0936. The van der Waals surface area contributed by atoms with Crippen molar-refractivity contribution >= 4 is 17.0 Å². The minimum Gasteiger partial charge on any atom is -0.464 e. The monoisotopic (exact) mass is 351 g/mol. The number of pyridine rings is 1. The molecule has 0 aliphatic carbocycles. The number of nitrogens with zero attached hydrogens (tertiary/aromatic N) is 2. The van der Waals surface area contributed by atoms with E-state index in [1.807, 2.05) is 26.0 Å². The van der Waals surface area contributed by atoms with Crippen LogP contribution in [-0.4, -0.2) is 16.0 Å². The lowest BCUT2D eigenvalue weighted by Gasteiger charge is -2.12. The molecular weight excluding hydrogens is 334 g/mol. The molecule has 0 saturated carbocycles. The molecule has 0 fully saturated rings. The fourth-order valence-corrected chi connectivity index (χ4v) is 2.86. The van der Waals surface area contributed by atoms with Crippen LogP contribution in [0.15, 0.2) is 50.0 Å². The van der Waals surface area contributed by atoms with Crippen molar-refractivity contribution in [3.05, 3.63) is 59.4 Å². The summed E-state index contributed by atoms with van der Waals surface area (Å²) in [5, 5.41) is 7.47. The molecule has 1 amide bonds. The zero-order valence-electron chi connectivity index (χ0n) is 14.6. The Labute approximate surface area is 149 Å². The third-order valence-corrected chi connectivity index (χ3v) is 4.17. The molecule has 1 unspecified atom stereocenters. The van der Waals surface area contributed by atoms with E-state index >= 15 is 0 Å². The molecule has 1 N–H and O–H groups in total. The molecule has 0 aliphatic heterocycles. The van der Waals surface area contributed by atoms with Crippen molar-refractivity contribution in [2.24, 2.45) is 0 Å². The molecule has 7 heteroatoms. The number of hydrogen-bond acceptors (Lipinski definition) is 6. The standard InChI is InChI=1S/C19H17N3O4/c1-10-6-7-15(25-10)11(2)20-18(23)13-9-14(16-5-4-8-24-16)21-19-17(13)12(3)22-26-19/h4-9,11H,1-3H3,(H,20,23). The van der Waals surface area contributed by atoms with Gasteiger partial charge in [-0.15, -0.1) is 0 Å². The summed E-state index contributed by atoms with van der Waals surface area (Å²) in [4.78, 5) is 17.3. The zero-order chi connectivity index (χ0) is 18.3. The molecule has 0 aromatic carbocycles. The Morgan fingerprint density at radius 1 is 1.23 bits per heavy atom. The highest BCUT2D eigenvalue weighted by molar-refractivity contribution is 6.07. The third kappa shape index (κ3) is 2.77. The number of hydrogen-bond donors (Lipinski definition) is 1. The van der Waals surface area contributed by atoms with Gasteiger partial charge >= 0.3 is 0 Å². The average Bonchev–Trinajstić information content (AvgIpc) is 3.35. The first-order valence-corrected chi connectivity index (χ1v) is 8.21. The molecule has 0 spiro atoms. The van der Waals surface area contributed by atoms with Gasteiger partial charge in [-0.25, -0.2) is 4.98 Å². The summed E-state index contributed by atoms with van der Waals surface area (Å²) in [6, 6.07) is 8.64. The Hall–Kier alpha value is -3.35. The van der Waals surface area contributed by atoms with Crippen LogP contribution >= 0.6 is 0 Å². The van der Waals surface area contributed by atoms with Gasteiger partial charge in [0, 0.05) is 0 Å². The maximum absolute atomic E-state index is 12.9. The quantitative estimate of drug-likeness (QED) is 0.592.